The van der Waals surface area contributed by atoms with Crippen molar-refractivity contribution < 1.29 is 0 Å². The van der Waals surface area contributed by atoms with Gasteiger partial charge in [-0.25, -0.2) is 9.97 Å². The lowest BCUT2D eigenvalue weighted by Gasteiger charge is -2.02. The number of nitrogens with zero attached hydrogens (tertiary/aromatic N) is 2. The Labute approximate surface area is 74.1 Å². The predicted octanol–water partition coefficient (Wildman–Crippen LogP) is 2.24. The first-order valence-electron chi connectivity index (χ1n) is 4.52. The second-order valence-electron chi connectivity index (χ2n) is 3.46. The van der Waals surface area contributed by atoms with Crippen molar-refractivity contribution in [2.75, 3.05) is 0 Å². The molecule has 0 N–H and O–H groups in total. The molecule has 0 amide bonds. The minimum Gasteiger partial charge on any atom is -0.241 e. The molecule has 0 aliphatic heterocycles. The SMILES string of the molecule is CCc1cnc(CC(C)C)nc1. The number of aryl methyl sites for hydroxylation is 1. The molecule has 1 heterocycles. The van der Waals surface area contributed by atoms with E-state index in [2.05, 4.69) is 30.7 Å². The summed E-state index contributed by atoms with van der Waals surface area (Å²) in [6, 6.07) is 0. The Morgan fingerprint density at radius 3 is 2.25 bits per heavy atom. The van der Waals surface area contributed by atoms with Gasteiger partial charge in [-0.2, -0.15) is 0 Å². The third kappa shape index (κ3) is 2.61. The molecule has 0 unspecified atom stereocenters. The summed E-state index contributed by atoms with van der Waals surface area (Å²) in [4.78, 5) is 8.56. The van der Waals surface area contributed by atoms with Crippen molar-refractivity contribution in [1.29, 1.82) is 0 Å². The average molecular weight is 164 g/mol. The molecule has 2 heteroatoms. The maximum Gasteiger partial charge on any atom is 0.128 e. The van der Waals surface area contributed by atoms with Crippen LogP contribution >= 0.6 is 0 Å². The van der Waals surface area contributed by atoms with E-state index < -0.39 is 0 Å². The van der Waals surface area contributed by atoms with Crippen LogP contribution in [0.25, 0.3) is 0 Å². The molecular formula is C10H16N2. The van der Waals surface area contributed by atoms with Gasteiger partial charge in [-0.15, -0.1) is 0 Å². The highest BCUT2D eigenvalue weighted by molar-refractivity contribution is 5.04. The van der Waals surface area contributed by atoms with Crippen molar-refractivity contribution in [3.63, 3.8) is 0 Å². The van der Waals surface area contributed by atoms with Gasteiger partial charge in [-0.05, 0) is 17.9 Å². The summed E-state index contributed by atoms with van der Waals surface area (Å²) in [5.74, 6) is 1.60. The van der Waals surface area contributed by atoms with Gasteiger partial charge in [0.2, 0.25) is 0 Å². The Morgan fingerprint density at radius 2 is 1.83 bits per heavy atom. The topological polar surface area (TPSA) is 25.8 Å². The summed E-state index contributed by atoms with van der Waals surface area (Å²) in [5.41, 5.74) is 1.21. The van der Waals surface area contributed by atoms with Crippen LogP contribution in [-0.4, -0.2) is 9.97 Å². The molecule has 0 aliphatic rings. The van der Waals surface area contributed by atoms with E-state index in [1.807, 2.05) is 12.4 Å². The molecule has 0 saturated heterocycles. The summed E-state index contributed by atoms with van der Waals surface area (Å²) in [7, 11) is 0. The van der Waals surface area contributed by atoms with Gasteiger partial charge in [0.05, 0.1) is 0 Å². The lowest BCUT2D eigenvalue weighted by atomic mass is 10.1. The molecule has 0 spiro atoms. The van der Waals surface area contributed by atoms with Gasteiger partial charge >= 0.3 is 0 Å². The van der Waals surface area contributed by atoms with Gasteiger partial charge in [0.25, 0.3) is 0 Å². The van der Waals surface area contributed by atoms with Gasteiger partial charge in [0.1, 0.15) is 5.82 Å². The zero-order chi connectivity index (χ0) is 8.97. The molecule has 12 heavy (non-hydrogen) atoms. The number of rotatable bonds is 3. The van der Waals surface area contributed by atoms with Crippen molar-refractivity contribution in [3.05, 3.63) is 23.8 Å². The van der Waals surface area contributed by atoms with E-state index >= 15 is 0 Å². The van der Waals surface area contributed by atoms with Crippen LogP contribution in [0.2, 0.25) is 0 Å². The van der Waals surface area contributed by atoms with Crippen LogP contribution in [0.4, 0.5) is 0 Å². The van der Waals surface area contributed by atoms with Crippen LogP contribution in [0.15, 0.2) is 12.4 Å². The van der Waals surface area contributed by atoms with E-state index in [-0.39, 0.29) is 0 Å². The summed E-state index contributed by atoms with van der Waals surface area (Å²) in [6.07, 6.45) is 5.83. The molecule has 1 aromatic rings. The Morgan fingerprint density at radius 1 is 1.25 bits per heavy atom. The Hall–Kier alpha value is -0.920. The standard InChI is InChI=1S/C10H16N2/c1-4-9-6-11-10(12-7-9)5-8(2)3/h6-8H,4-5H2,1-3H3. The number of hydrogen-bond donors (Lipinski definition) is 0. The molecular weight excluding hydrogens is 148 g/mol. The maximum absolute atomic E-state index is 4.28. The van der Waals surface area contributed by atoms with Crippen LogP contribution in [0.3, 0.4) is 0 Å². The monoisotopic (exact) mass is 164 g/mol. The van der Waals surface area contributed by atoms with E-state index in [1.165, 1.54) is 5.56 Å². The highest BCUT2D eigenvalue weighted by Gasteiger charge is 1.99. The lowest BCUT2D eigenvalue weighted by Crippen LogP contribution is -2.00. The largest absolute Gasteiger partial charge is 0.241 e. The second-order valence-corrected chi connectivity index (χ2v) is 3.46. The van der Waals surface area contributed by atoms with Crippen molar-refractivity contribution in [2.45, 2.75) is 33.6 Å². The Balaban J connectivity index is 2.65. The molecule has 0 atom stereocenters. The predicted molar refractivity (Wildman–Crippen MR) is 50.0 cm³/mol. The first kappa shape index (κ1) is 9.17. The van der Waals surface area contributed by atoms with Gasteiger partial charge in [0.15, 0.2) is 0 Å². The smallest absolute Gasteiger partial charge is 0.128 e. The normalized spacial score (nSPS) is 10.7. The van der Waals surface area contributed by atoms with Gasteiger partial charge in [0, 0.05) is 18.8 Å². The van der Waals surface area contributed by atoms with Crippen LogP contribution in [-0.2, 0) is 12.8 Å². The summed E-state index contributed by atoms with van der Waals surface area (Å²) < 4.78 is 0. The number of hydrogen-bond acceptors (Lipinski definition) is 2. The molecule has 0 saturated carbocycles. The molecule has 0 aliphatic carbocycles. The fourth-order valence-electron chi connectivity index (χ4n) is 1.03. The fraction of sp³-hybridized carbons (Fsp3) is 0.600. The molecule has 0 aromatic carbocycles. The van der Waals surface area contributed by atoms with E-state index in [4.69, 9.17) is 0 Å². The fourth-order valence-corrected chi connectivity index (χ4v) is 1.03. The third-order valence-electron chi connectivity index (χ3n) is 1.76. The van der Waals surface area contributed by atoms with Crippen molar-refractivity contribution in [3.8, 4) is 0 Å². The van der Waals surface area contributed by atoms with Crippen LogP contribution < -0.4 is 0 Å². The van der Waals surface area contributed by atoms with Crippen molar-refractivity contribution in [1.82, 2.24) is 9.97 Å². The highest BCUT2D eigenvalue weighted by Crippen LogP contribution is 2.03. The minimum atomic E-state index is 0.637. The Bertz CT molecular complexity index is 226. The van der Waals surface area contributed by atoms with Crippen LogP contribution in [0.1, 0.15) is 32.2 Å². The zero-order valence-corrected chi connectivity index (χ0v) is 8.04. The van der Waals surface area contributed by atoms with Crippen LogP contribution in [0, 0.1) is 5.92 Å². The molecule has 0 bridgehead atoms. The minimum absolute atomic E-state index is 0.637. The van der Waals surface area contributed by atoms with Gasteiger partial charge < -0.3 is 0 Å². The van der Waals surface area contributed by atoms with Crippen LogP contribution in [0.5, 0.6) is 0 Å². The quantitative estimate of drug-likeness (QED) is 0.684. The molecule has 0 fully saturated rings. The molecule has 2 nitrogen and oxygen atoms in total. The van der Waals surface area contributed by atoms with Crippen molar-refractivity contribution >= 4 is 0 Å². The first-order valence-corrected chi connectivity index (χ1v) is 4.52. The first-order chi connectivity index (χ1) is 5.72. The van der Waals surface area contributed by atoms with E-state index in [0.717, 1.165) is 18.7 Å². The number of aromatic nitrogens is 2. The molecule has 0 radical (unpaired) electrons. The van der Waals surface area contributed by atoms with E-state index in [9.17, 15) is 0 Å². The second kappa shape index (κ2) is 4.19. The lowest BCUT2D eigenvalue weighted by molar-refractivity contribution is 0.619. The highest BCUT2D eigenvalue weighted by atomic mass is 14.9. The molecule has 66 valence electrons. The summed E-state index contributed by atoms with van der Waals surface area (Å²) in [6.45, 7) is 6.47. The molecule has 1 aromatic heterocycles. The maximum atomic E-state index is 4.28. The van der Waals surface area contributed by atoms with E-state index in [1.54, 1.807) is 0 Å². The third-order valence-corrected chi connectivity index (χ3v) is 1.76. The Kier molecular flexibility index (Phi) is 3.20. The zero-order valence-electron chi connectivity index (χ0n) is 8.04. The van der Waals surface area contributed by atoms with E-state index in [0.29, 0.717) is 5.92 Å². The van der Waals surface area contributed by atoms with Gasteiger partial charge in [-0.3, -0.25) is 0 Å². The van der Waals surface area contributed by atoms with Gasteiger partial charge in [-0.1, -0.05) is 20.8 Å². The molecule has 1 rings (SSSR count). The summed E-state index contributed by atoms with van der Waals surface area (Å²) in [5, 5.41) is 0. The summed E-state index contributed by atoms with van der Waals surface area (Å²) >= 11 is 0. The van der Waals surface area contributed by atoms with Crippen molar-refractivity contribution in [2.24, 2.45) is 5.92 Å². The average Bonchev–Trinajstić information content (AvgIpc) is 2.05.